The minimum Gasteiger partial charge on any atom is -0.353 e. The monoisotopic (exact) mass is 240 g/mol. The predicted octanol–water partition coefficient (Wildman–Crippen LogP) is 2.38. The average molecular weight is 240 g/mol. The van der Waals surface area contributed by atoms with E-state index in [0.29, 0.717) is 5.56 Å². The van der Waals surface area contributed by atoms with Crippen LogP contribution in [0.1, 0.15) is 17.3 Å². The first kappa shape index (κ1) is 11.1. The van der Waals surface area contributed by atoms with Gasteiger partial charge in [0.1, 0.15) is 0 Å². The Kier molecular flexibility index (Phi) is 2.49. The average Bonchev–Trinajstić information content (AvgIpc) is 3.17. The molecule has 0 spiro atoms. The van der Waals surface area contributed by atoms with E-state index in [-0.39, 0.29) is 11.6 Å². The molecule has 2 aromatic carbocycles. The molecule has 0 radical (unpaired) electrons. The first-order valence-corrected chi connectivity index (χ1v) is 5.86. The van der Waals surface area contributed by atoms with Crippen LogP contribution in [0.25, 0.3) is 10.8 Å². The molecule has 2 aromatic rings. The molecule has 90 valence electrons. The van der Waals surface area contributed by atoms with E-state index in [1.165, 1.54) is 6.92 Å². The summed E-state index contributed by atoms with van der Waals surface area (Å²) in [5.74, 6) is -0.199. The summed E-state index contributed by atoms with van der Waals surface area (Å²) in [4.78, 5) is 23.2. The number of carbonyl (C=O) groups excluding carboxylic acids is 2. The summed E-state index contributed by atoms with van der Waals surface area (Å²) in [7, 11) is 0. The molecule has 0 aliphatic carbocycles. The van der Waals surface area contributed by atoms with E-state index < -0.39 is 12.2 Å². The quantitative estimate of drug-likeness (QED) is 0.611. The fraction of sp³-hybridized carbons (Fsp3) is 0.200. The van der Waals surface area contributed by atoms with Gasteiger partial charge in [0.25, 0.3) is 0 Å². The Balaban J connectivity index is 1.91. The first-order valence-electron chi connectivity index (χ1n) is 5.86. The highest BCUT2D eigenvalue weighted by Crippen LogP contribution is 2.27. The lowest BCUT2D eigenvalue weighted by Crippen LogP contribution is -2.14. The van der Waals surface area contributed by atoms with E-state index in [9.17, 15) is 9.59 Å². The maximum absolute atomic E-state index is 12.1. The van der Waals surface area contributed by atoms with Crippen molar-refractivity contribution in [2.75, 3.05) is 0 Å². The molecule has 3 nitrogen and oxygen atoms in total. The van der Waals surface area contributed by atoms with Crippen LogP contribution in [-0.4, -0.2) is 23.8 Å². The number of carbonyl (C=O) groups is 2. The fourth-order valence-corrected chi connectivity index (χ4v) is 2.13. The number of fused-ring (bicyclic) bond motifs is 1. The molecular formula is C15H12O3. The van der Waals surface area contributed by atoms with Crippen LogP contribution in [0.5, 0.6) is 0 Å². The molecule has 1 aliphatic rings. The van der Waals surface area contributed by atoms with Crippen molar-refractivity contribution in [2.45, 2.75) is 19.1 Å². The van der Waals surface area contributed by atoms with Gasteiger partial charge >= 0.3 is 0 Å². The van der Waals surface area contributed by atoms with Gasteiger partial charge < -0.3 is 4.74 Å². The number of hydrogen-bond acceptors (Lipinski definition) is 3. The van der Waals surface area contributed by atoms with E-state index >= 15 is 0 Å². The number of ketones is 2. The zero-order valence-corrected chi connectivity index (χ0v) is 9.92. The molecule has 0 amide bonds. The molecule has 0 N–H and O–H groups in total. The maximum Gasteiger partial charge on any atom is 0.194 e. The first-order chi connectivity index (χ1) is 8.66. The molecule has 0 saturated carbocycles. The zero-order valence-electron chi connectivity index (χ0n) is 9.92. The molecule has 3 rings (SSSR count). The lowest BCUT2D eigenvalue weighted by atomic mass is 10.0. The number of hydrogen-bond donors (Lipinski definition) is 0. The molecule has 3 heteroatoms. The molecule has 2 atom stereocenters. The summed E-state index contributed by atoms with van der Waals surface area (Å²) in [5, 5.41) is 2.11. The number of benzene rings is 2. The fourth-order valence-electron chi connectivity index (χ4n) is 2.13. The van der Waals surface area contributed by atoms with Crippen molar-refractivity contribution in [1.29, 1.82) is 0 Å². The molecule has 0 bridgehead atoms. The Bertz CT molecular complexity index is 645. The van der Waals surface area contributed by atoms with Gasteiger partial charge in [0.2, 0.25) is 0 Å². The third-order valence-electron chi connectivity index (χ3n) is 3.18. The molecule has 1 aliphatic heterocycles. The van der Waals surface area contributed by atoms with Crippen molar-refractivity contribution < 1.29 is 14.3 Å². The van der Waals surface area contributed by atoms with Crippen molar-refractivity contribution in [1.82, 2.24) is 0 Å². The number of Topliss-reactive ketones (excluding diaryl/α,β-unsaturated/α-hetero) is 2. The summed E-state index contributed by atoms with van der Waals surface area (Å²) in [6.45, 7) is 1.44. The highest BCUT2D eigenvalue weighted by Gasteiger charge is 2.48. The van der Waals surface area contributed by atoms with E-state index in [2.05, 4.69) is 0 Å². The van der Waals surface area contributed by atoms with Crippen LogP contribution in [0.3, 0.4) is 0 Å². The Morgan fingerprint density at radius 3 is 2.39 bits per heavy atom. The highest BCUT2D eigenvalue weighted by atomic mass is 16.6. The highest BCUT2D eigenvalue weighted by molar-refractivity contribution is 6.07. The Labute approximate surface area is 104 Å². The van der Waals surface area contributed by atoms with Crippen molar-refractivity contribution >= 4 is 22.3 Å². The summed E-state index contributed by atoms with van der Waals surface area (Å²) in [6, 6.07) is 13.4. The van der Waals surface area contributed by atoms with E-state index in [1.54, 1.807) is 6.07 Å². The second-order valence-electron chi connectivity index (χ2n) is 4.51. The van der Waals surface area contributed by atoms with E-state index in [4.69, 9.17) is 4.74 Å². The maximum atomic E-state index is 12.1. The Morgan fingerprint density at radius 1 is 1.00 bits per heavy atom. The molecule has 0 aromatic heterocycles. The zero-order chi connectivity index (χ0) is 12.7. The van der Waals surface area contributed by atoms with Gasteiger partial charge in [-0.15, -0.1) is 0 Å². The minimum atomic E-state index is -0.580. The van der Waals surface area contributed by atoms with Crippen molar-refractivity contribution in [3.63, 3.8) is 0 Å². The van der Waals surface area contributed by atoms with Gasteiger partial charge in [-0.1, -0.05) is 36.4 Å². The Morgan fingerprint density at radius 2 is 1.72 bits per heavy atom. The third kappa shape index (κ3) is 1.83. The van der Waals surface area contributed by atoms with E-state index in [1.807, 2.05) is 36.4 Å². The van der Waals surface area contributed by atoms with Gasteiger partial charge in [-0.3, -0.25) is 9.59 Å². The van der Waals surface area contributed by atoms with Crippen LogP contribution < -0.4 is 0 Å². The lowest BCUT2D eigenvalue weighted by molar-refractivity contribution is -0.118. The Hall–Kier alpha value is -2.00. The third-order valence-corrected chi connectivity index (χ3v) is 3.18. The van der Waals surface area contributed by atoms with Gasteiger partial charge in [-0.25, -0.2) is 0 Å². The topological polar surface area (TPSA) is 46.7 Å². The summed E-state index contributed by atoms with van der Waals surface area (Å²) in [6.07, 6.45) is -1.12. The van der Waals surface area contributed by atoms with Gasteiger partial charge in [0, 0.05) is 5.56 Å². The van der Waals surface area contributed by atoms with Crippen molar-refractivity contribution in [3.8, 4) is 0 Å². The molecule has 1 heterocycles. The molecular weight excluding hydrogens is 228 g/mol. The SMILES string of the molecule is CC(=O)C1OC1C(=O)c1ccc2ccccc2c1. The normalized spacial score (nSPS) is 21.8. The number of ether oxygens (including phenoxy) is 1. The van der Waals surface area contributed by atoms with Crippen LogP contribution in [-0.2, 0) is 9.53 Å². The molecule has 18 heavy (non-hydrogen) atoms. The number of rotatable bonds is 3. The summed E-state index contributed by atoms with van der Waals surface area (Å²) >= 11 is 0. The second-order valence-corrected chi connectivity index (χ2v) is 4.51. The minimum absolute atomic E-state index is 0.0888. The van der Waals surface area contributed by atoms with Gasteiger partial charge in [0.05, 0.1) is 0 Å². The smallest absolute Gasteiger partial charge is 0.194 e. The number of epoxide rings is 1. The predicted molar refractivity (Wildman–Crippen MR) is 67.6 cm³/mol. The second kappa shape index (κ2) is 4.03. The van der Waals surface area contributed by atoms with E-state index in [0.717, 1.165) is 10.8 Å². The molecule has 1 fully saturated rings. The van der Waals surface area contributed by atoms with Crippen LogP contribution >= 0.6 is 0 Å². The largest absolute Gasteiger partial charge is 0.353 e. The van der Waals surface area contributed by atoms with Crippen LogP contribution in [0, 0.1) is 0 Å². The summed E-state index contributed by atoms with van der Waals surface area (Å²) < 4.78 is 5.11. The molecule has 2 unspecified atom stereocenters. The van der Waals surface area contributed by atoms with Crippen molar-refractivity contribution in [3.05, 3.63) is 48.0 Å². The van der Waals surface area contributed by atoms with Crippen LogP contribution in [0.4, 0.5) is 0 Å². The van der Waals surface area contributed by atoms with Gasteiger partial charge in [-0.2, -0.15) is 0 Å². The summed E-state index contributed by atoms with van der Waals surface area (Å²) in [5.41, 5.74) is 0.599. The van der Waals surface area contributed by atoms with Gasteiger partial charge in [-0.05, 0) is 23.8 Å². The standard InChI is InChI=1S/C15H12O3/c1-9(16)14-15(18-14)13(17)12-7-6-10-4-2-3-5-11(10)8-12/h2-8,14-15H,1H3. The van der Waals surface area contributed by atoms with Crippen molar-refractivity contribution in [2.24, 2.45) is 0 Å². The van der Waals surface area contributed by atoms with Crippen LogP contribution in [0.15, 0.2) is 42.5 Å². The molecule has 1 saturated heterocycles. The van der Waals surface area contributed by atoms with Crippen LogP contribution in [0.2, 0.25) is 0 Å². The lowest BCUT2D eigenvalue weighted by Gasteiger charge is -2.01. The van der Waals surface area contributed by atoms with Gasteiger partial charge in [0.15, 0.2) is 23.8 Å².